The summed E-state index contributed by atoms with van der Waals surface area (Å²) in [5.74, 6) is 0. The molecule has 1 aromatic rings. The lowest BCUT2D eigenvalue weighted by atomic mass is 9.89. The molecule has 4 nitrogen and oxygen atoms in total. The van der Waals surface area contributed by atoms with Gasteiger partial charge in [-0.05, 0) is 11.8 Å². The fourth-order valence-corrected chi connectivity index (χ4v) is 1.58. The molecule has 0 aliphatic heterocycles. The molecule has 1 aromatic heterocycles. The third-order valence-electron chi connectivity index (χ3n) is 2.46. The molecule has 1 heterocycles. The second-order valence-electron chi connectivity index (χ2n) is 4.63. The van der Waals surface area contributed by atoms with Crippen molar-refractivity contribution in [1.29, 1.82) is 0 Å². The zero-order chi connectivity index (χ0) is 12.9. The van der Waals surface area contributed by atoms with Crippen LogP contribution in [-0.4, -0.2) is 30.5 Å². The molecule has 0 radical (unpaired) electrons. The van der Waals surface area contributed by atoms with E-state index in [0.29, 0.717) is 16.0 Å². The van der Waals surface area contributed by atoms with Crippen molar-refractivity contribution >= 4 is 28.9 Å². The highest BCUT2D eigenvalue weighted by molar-refractivity contribution is 6.33. The van der Waals surface area contributed by atoms with Gasteiger partial charge in [-0.25, -0.2) is 0 Å². The molecule has 0 aromatic carbocycles. The van der Waals surface area contributed by atoms with Gasteiger partial charge in [0.15, 0.2) is 10.3 Å². The van der Waals surface area contributed by atoms with E-state index in [4.69, 9.17) is 27.9 Å². The molecule has 17 heavy (non-hydrogen) atoms. The van der Waals surface area contributed by atoms with Gasteiger partial charge < -0.3 is 10.1 Å². The summed E-state index contributed by atoms with van der Waals surface area (Å²) in [7, 11) is 1.70. The Labute approximate surface area is 112 Å². The van der Waals surface area contributed by atoms with Crippen molar-refractivity contribution in [2.24, 2.45) is 5.41 Å². The standard InChI is InChI=1S/C11H17Cl2N3O/c1-11(2,4-5-17-3)7-14-8-6-9(12)15-16-10(8)13/h6H,4-5,7H2,1-3H3,(H,14,15). The van der Waals surface area contributed by atoms with E-state index in [1.54, 1.807) is 13.2 Å². The molecule has 0 spiro atoms. The van der Waals surface area contributed by atoms with Crippen molar-refractivity contribution in [3.8, 4) is 0 Å². The molecule has 0 bridgehead atoms. The van der Waals surface area contributed by atoms with Gasteiger partial charge >= 0.3 is 0 Å². The number of nitrogens with one attached hydrogen (secondary N) is 1. The summed E-state index contributed by atoms with van der Waals surface area (Å²) in [5.41, 5.74) is 0.812. The Bertz CT molecular complexity index is 372. The fraction of sp³-hybridized carbons (Fsp3) is 0.636. The largest absolute Gasteiger partial charge is 0.385 e. The summed E-state index contributed by atoms with van der Waals surface area (Å²) in [6, 6.07) is 1.67. The van der Waals surface area contributed by atoms with Gasteiger partial charge in [-0.2, -0.15) is 0 Å². The van der Waals surface area contributed by atoms with Crippen LogP contribution in [0.2, 0.25) is 10.3 Å². The average molecular weight is 278 g/mol. The van der Waals surface area contributed by atoms with Crippen LogP contribution in [0.1, 0.15) is 20.3 Å². The number of aromatic nitrogens is 2. The highest BCUT2D eigenvalue weighted by Gasteiger charge is 2.18. The Morgan fingerprint density at radius 1 is 1.35 bits per heavy atom. The molecule has 0 aliphatic rings. The first-order valence-corrected chi connectivity index (χ1v) is 6.12. The van der Waals surface area contributed by atoms with Crippen LogP contribution in [0.4, 0.5) is 5.69 Å². The van der Waals surface area contributed by atoms with E-state index in [1.807, 2.05) is 0 Å². The number of nitrogens with zero attached hydrogens (tertiary/aromatic N) is 2. The monoisotopic (exact) mass is 277 g/mol. The highest BCUT2D eigenvalue weighted by Crippen LogP contribution is 2.25. The molecular weight excluding hydrogens is 261 g/mol. The van der Waals surface area contributed by atoms with Gasteiger partial charge in [0.25, 0.3) is 0 Å². The minimum Gasteiger partial charge on any atom is -0.385 e. The number of hydrogen-bond donors (Lipinski definition) is 1. The van der Waals surface area contributed by atoms with E-state index < -0.39 is 0 Å². The highest BCUT2D eigenvalue weighted by atomic mass is 35.5. The van der Waals surface area contributed by atoms with Crippen molar-refractivity contribution in [3.05, 3.63) is 16.4 Å². The van der Waals surface area contributed by atoms with Gasteiger partial charge in [-0.15, -0.1) is 10.2 Å². The molecule has 0 aliphatic carbocycles. The number of ether oxygens (including phenoxy) is 1. The molecule has 6 heteroatoms. The summed E-state index contributed by atoms with van der Waals surface area (Å²) in [5, 5.41) is 11.3. The number of methoxy groups -OCH3 is 1. The maximum Gasteiger partial charge on any atom is 0.174 e. The van der Waals surface area contributed by atoms with E-state index in [2.05, 4.69) is 29.4 Å². The van der Waals surface area contributed by atoms with E-state index >= 15 is 0 Å². The van der Waals surface area contributed by atoms with Crippen molar-refractivity contribution in [2.75, 3.05) is 25.6 Å². The van der Waals surface area contributed by atoms with E-state index in [0.717, 1.165) is 19.6 Å². The Hall–Kier alpha value is -0.580. The summed E-state index contributed by atoms with van der Waals surface area (Å²) in [6.07, 6.45) is 0.959. The molecule has 0 unspecified atom stereocenters. The van der Waals surface area contributed by atoms with Gasteiger partial charge in [0, 0.05) is 26.3 Å². The number of halogens is 2. The third-order valence-corrected chi connectivity index (χ3v) is 2.92. The molecule has 0 fully saturated rings. The molecule has 1 rings (SSSR count). The van der Waals surface area contributed by atoms with Crippen LogP contribution in [-0.2, 0) is 4.74 Å². The smallest absolute Gasteiger partial charge is 0.174 e. The van der Waals surface area contributed by atoms with Crippen molar-refractivity contribution in [2.45, 2.75) is 20.3 Å². The van der Waals surface area contributed by atoms with Crippen LogP contribution in [0, 0.1) is 5.41 Å². The van der Waals surface area contributed by atoms with Gasteiger partial charge in [0.05, 0.1) is 5.69 Å². The Balaban J connectivity index is 2.57. The first-order chi connectivity index (χ1) is 7.94. The first kappa shape index (κ1) is 14.5. The minimum atomic E-state index is 0.106. The second kappa shape index (κ2) is 6.38. The lowest BCUT2D eigenvalue weighted by molar-refractivity contribution is 0.157. The van der Waals surface area contributed by atoms with E-state index in [-0.39, 0.29) is 5.41 Å². The van der Waals surface area contributed by atoms with Crippen molar-refractivity contribution in [3.63, 3.8) is 0 Å². The third kappa shape index (κ3) is 5.06. The van der Waals surface area contributed by atoms with Gasteiger partial charge in [-0.3, -0.25) is 0 Å². The van der Waals surface area contributed by atoms with Crippen LogP contribution >= 0.6 is 23.2 Å². The molecule has 0 saturated carbocycles. The van der Waals surface area contributed by atoms with Crippen LogP contribution in [0.15, 0.2) is 6.07 Å². The lowest BCUT2D eigenvalue weighted by Crippen LogP contribution is -2.24. The van der Waals surface area contributed by atoms with Gasteiger partial charge in [-0.1, -0.05) is 37.0 Å². The second-order valence-corrected chi connectivity index (χ2v) is 5.38. The van der Waals surface area contributed by atoms with Crippen LogP contribution in [0.3, 0.4) is 0 Å². The topological polar surface area (TPSA) is 47.0 Å². The fourth-order valence-electron chi connectivity index (χ4n) is 1.28. The minimum absolute atomic E-state index is 0.106. The summed E-state index contributed by atoms with van der Waals surface area (Å²) in [4.78, 5) is 0. The number of rotatable bonds is 6. The Kier molecular flexibility index (Phi) is 5.43. The molecule has 1 N–H and O–H groups in total. The SMILES string of the molecule is COCCC(C)(C)CNc1cc(Cl)nnc1Cl. The Morgan fingerprint density at radius 3 is 2.71 bits per heavy atom. The Morgan fingerprint density at radius 2 is 2.06 bits per heavy atom. The zero-order valence-electron chi connectivity index (χ0n) is 10.3. The quantitative estimate of drug-likeness (QED) is 0.867. The molecule has 0 amide bonds. The molecular formula is C11H17Cl2N3O. The van der Waals surface area contributed by atoms with Crippen molar-refractivity contribution < 1.29 is 4.74 Å². The van der Waals surface area contributed by atoms with Gasteiger partial charge in [0.2, 0.25) is 0 Å². The van der Waals surface area contributed by atoms with Gasteiger partial charge in [0.1, 0.15) is 0 Å². The summed E-state index contributed by atoms with van der Waals surface area (Å²) >= 11 is 11.7. The average Bonchev–Trinajstić information content (AvgIpc) is 2.28. The lowest BCUT2D eigenvalue weighted by Gasteiger charge is -2.25. The molecule has 0 atom stereocenters. The van der Waals surface area contributed by atoms with Crippen molar-refractivity contribution in [1.82, 2.24) is 10.2 Å². The summed E-state index contributed by atoms with van der Waals surface area (Å²) in [6.45, 7) is 5.81. The normalized spacial score (nSPS) is 11.6. The van der Waals surface area contributed by atoms with E-state index in [1.165, 1.54) is 0 Å². The number of hydrogen-bond acceptors (Lipinski definition) is 4. The van der Waals surface area contributed by atoms with E-state index in [9.17, 15) is 0 Å². The molecule has 0 saturated heterocycles. The van der Waals surface area contributed by atoms with Crippen LogP contribution in [0.25, 0.3) is 0 Å². The zero-order valence-corrected chi connectivity index (χ0v) is 11.8. The molecule has 96 valence electrons. The maximum absolute atomic E-state index is 5.91. The maximum atomic E-state index is 5.91. The van der Waals surface area contributed by atoms with Crippen LogP contribution in [0.5, 0.6) is 0 Å². The number of anilines is 1. The summed E-state index contributed by atoms with van der Waals surface area (Å²) < 4.78 is 5.08. The predicted molar refractivity (Wildman–Crippen MR) is 70.8 cm³/mol. The first-order valence-electron chi connectivity index (χ1n) is 5.36. The predicted octanol–water partition coefficient (Wildman–Crippen LogP) is 3.26. The van der Waals surface area contributed by atoms with Crippen LogP contribution < -0.4 is 5.32 Å².